The molecule has 0 aromatic carbocycles. The molecular formula is C12H23N. The van der Waals surface area contributed by atoms with E-state index in [9.17, 15) is 0 Å². The molecule has 0 amide bonds. The van der Waals surface area contributed by atoms with E-state index in [4.69, 9.17) is 0 Å². The first-order valence-electron chi connectivity index (χ1n) is 6.09. The van der Waals surface area contributed by atoms with Crippen molar-refractivity contribution in [2.45, 2.75) is 70.4 Å². The van der Waals surface area contributed by atoms with Gasteiger partial charge in [0.15, 0.2) is 0 Å². The standard InChI is InChI=1S/C12H23N/c1-3-6-11-7-9-12(4-2)8-5-10-13(11)12/h11H,3-10H2,1-2H3. The van der Waals surface area contributed by atoms with Gasteiger partial charge in [-0.25, -0.2) is 0 Å². The minimum absolute atomic E-state index is 0.653. The summed E-state index contributed by atoms with van der Waals surface area (Å²) in [5, 5.41) is 0. The third-order valence-corrected chi connectivity index (χ3v) is 4.31. The minimum Gasteiger partial charge on any atom is -0.295 e. The second-order valence-corrected chi connectivity index (χ2v) is 4.86. The Morgan fingerprint density at radius 2 is 2.15 bits per heavy atom. The van der Waals surface area contributed by atoms with E-state index in [2.05, 4.69) is 18.7 Å². The average Bonchev–Trinajstić information content (AvgIpc) is 2.67. The van der Waals surface area contributed by atoms with Crippen molar-refractivity contribution < 1.29 is 0 Å². The summed E-state index contributed by atoms with van der Waals surface area (Å²) in [4.78, 5) is 2.84. The average molecular weight is 181 g/mol. The zero-order chi connectivity index (χ0) is 9.31. The van der Waals surface area contributed by atoms with Crippen LogP contribution in [0.2, 0.25) is 0 Å². The van der Waals surface area contributed by atoms with Gasteiger partial charge in [-0.15, -0.1) is 0 Å². The molecule has 0 N–H and O–H groups in total. The fourth-order valence-corrected chi connectivity index (χ4v) is 3.58. The van der Waals surface area contributed by atoms with Crippen molar-refractivity contribution in [3.05, 3.63) is 0 Å². The monoisotopic (exact) mass is 181 g/mol. The maximum absolute atomic E-state index is 2.84. The van der Waals surface area contributed by atoms with E-state index in [0.717, 1.165) is 6.04 Å². The summed E-state index contributed by atoms with van der Waals surface area (Å²) in [6.07, 6.45) is 10.1. The van der Waals surface area contributed by atoms with Gasteiger partial charge in [0.2, 0.25) is 0 Å². The summed E-state index contributed by atoms with van der Waals surface area (Å²) in [5.41, 5.74) is 0.653. The molecule has 76 valence electrons. The van der Waals surface area contributed by atoms with Crippen molar-refractivity contribution in [3.63, 3.8) is 0 Å². The molecule has 0 radical (unpaired) electrons. The fraction of sp³-hybridized carbons (Fsp3) is 1.00. The number of fused-ring (bicyclic) bond motifs is 1. The Morgan fingerprint density at radius 3 is 2.85 bits per heavy atom. The van der Waals surface area contributed by atoms with Gasteiger partial charge in [0.1, 0.15) is 0 Å². The molecule has 2 fully saturated rings. The molecular weight excluding hydrogens is 158 g/mol. The van der Waals surface area contributed by atoms with Gasteiger partial charge in [0.25, 0.3) is 0 Å². The molecule has 2 saturated heterocycles. The lowest BCUT2D eigenvalue weighted by atomic mass is 9.91. The van der Waals surface area contributed by atoms with Gasteiger partial charge in [0, 0.05) is 11.6 Å². The van der Waals surface area contributed by atoms with Crippen molar-refractivity contribution in [1.82, 2.24) is 4.90 Å². The third kappa shape index (κ3) is 1.41. The summed E-state index contributed by atoms with van der Waals surface area (Å²) in [6, 6.07) is 0.937. The van der Waals surface area contributed by atoms with E-state index < -0.39 is 0 Å². The molecule has 2 unspecified atom stereocenters. The van der Waals surface area contributed by atoms with Gasteiger partial charge in [0.05, 0.1) is 0 Å². The molecule has 2 aliphatic heterocycles. The Morgan fingerprint density at radius 1 is 1.31 bits per heavy atom. The summed E-state index contributed by atoms with van der Waals surface area (Å²) in [7, 11) is 0. The van der Waals surface area contributed by atoms with Crippen LogP contribution in [0.5, 0.6) is 0 Å². The number of hydrogen-bond acceptors (Lipinski definition) is 1. The normalized spacial score (nSPS) is 39.7. The molecule has 0 aromatic rings. The maximum atomic E-state index is 2.84. The molecule has 2 aliphatic rings. The van der Waals surface area contributed by atoms with Crippen LogP contribution in [0.25, 0.3) is 0 Å². The van der Waals surface area contributed by atoms with Crippen LogP contribution in [-0.4, -0.2) is 23.0 Å². The fourth-order valence-electron chi connectivity index (χ4n) is 3.58. The Hall–Kier alpha value is -0.0400. The molecule has 2 rings (SSSR count). The lowest BCUT2D eigenvalue weighted by Gasteiger charge is -2.34. The largest absolute Gasteiger partial charge is 0.295 e. The first-order chi connectivity index (χ1) is 6.32. The van der Waals surface area contributed by atoms with E-state index in [1.54, 1.807) is 0 Å². The Kier molecular flexibility index (Phi) is 2.64. The lowest BCUT2D eigenvalue weighted by molar-refractivity contribution is 0.140. The first-order valence-corrected chi connectivity index (χ1v) is 6.09. The molecule has 1 heteroatoms. The highest BCUT2D eigenvalue weighted by Crippen LogP contribution is 2.45. The summed E-state index contributed by atoms with van der Waals surface area (Å²) >= 11 is 0. The number of nitrogens with zero attached hydrogens (tertiary/aromatic N) is 1. The Balaban J connectivity index is 2.06. The van der Waals surface area contributed by atoms with Crippen LogP contribution in [0.15, 0.2) is 0 Å². The smallest absolute Gasteiger partial charge is 0.0211 e. The van der Waals surface area contributed by atoms with Gasteiger partial charge in [-0.3, -0.25) is 4.90 Å². The van der Waals surface area contributed by atoms with Crippen LogP contribution >= 0.6 is 0 Å². The molecule has 2 atom stereocenters. The van der Waals surface area contributed by atoms with Gasteiger partial charge in [-0.1, -0.05) is 20.3 Å². The maximum Gasteiger partial charge on any atom is 0.0211 e. The molecule has 0 saturated carbocycles. The highest BCUT2D eigenvalue weighted by molar-refractivity contribution is 5.03. The molecule has 1 nitrogen and oxygen atoms in total. The SMILES string of the molecule is CCCC1CCC2(CC)CCCN12. The quantitative estimate of drug-likeness (QED) is 0.646. The van der Waals surface area contributed by atoms with Crippen molar-refractivity contribution in [1.29, 1.82) is 0 Å². The molecule has 0 spiro atoms. The van der Waals surface area contributed by atoms with Gasteiger partial charge < -0.3 is 0 Å². The van der Waals surface area contributed by atoms with Crippen molar-refractivity contribution in [3.8, 4) is 0 Å². The second-order valence-electron chi connectivity index (χ2n) is 4.86. The highest BCUT2D eigenvalue weighted by atomic mass is 15.3. The first kappa shape index (κ1) is 9.51. The topological polar surface area (TPSA) is 3.24 Å². The predicted octanol–water partition coefficient (Wildman–Crippen LogP) is 3.19. The molecule has 13 heavy (non-hydrogen) atoms. The third-order valence-electron chi connectivity index (χ3n) is 4.31. The molecule has 2 heterocycles. The van der Waals surface area contributed by atoms with Crippen molar-refractivity contribution in [2.75, 3.05) is 6.54 Å². The van der Waals surface area contributed by atoms with E-state index in [0.29, 0.717) is 5.54 Å². The van der Waals surface area contributed by atoms with Gasteiger partial charge in [-0.2, -0.15) is 0 Å². The van der Waals surface area contributed by atoms with Crippen molar-refractivity contribution in [2.24, 2.45) is 0 Å². The van der Waals surface area contributed by atoms with E-state index >= 15 is 0 Å². The molecule has 0 aliphatic carbocycles. The highest BCUT2D eigenvalue weighted by Gasteiger charge is 2.46. The summed E-state index contributed by atoms with van der Waals surface area (Å²) in [5.74, 6) is 0. The molecule has 0 bridgehead atoms. The Bertz CT molecular complexity index is 178. The van der Waals surface area contributed by atoms with Crippen LogP contribution in [0.4, 0.5) is 0 Å². The Labute approximate surface area is 82.5 Å². The van der Waals surface area contributed by atoms with Gasteiger partial charge >= 0.3 is 0 Å². The predicted molar refractivity (Wildman–Crippen MR) is 56.9 cm³/mol. The second kappa shape index (κ2) is 3.61. The summed E-state index contributed by atoms with van der Waals surface area (Å²) < 4.78 is 0. The lowest BCUT2D eigenvalue weighted by Crippen LogP contribution is -2.41. The van der Waals surface area contributed by atoms with E-state index in [1.807, 2.05) is 0 Å². The van der Waals surface area contributed by atoms with Crippen LogP contribution in [0.3, 0.4) is 0 Å². The molecule has 0 aromatic heterocycles. The van der Waals surface area contributed by atoms with Crippen molar-refractivity contribution >= 4 is 0 Å². The summed E-state index contributed by atoms with van der Waals surface area (Å²) in [6.45, 7) is 6.09. The van der Waals surface area contributed by atoms with Crippen LogP contribution in [0.1, 0.15) is 58.8 Å². The zero-order valence-electron chi connectivity index (χ0n) is 9.18. The minimum atomic E-state index is 0.653. The van der Waals surface area contributed by atoms with Crippen LogP contribution in [-0.2, 0) is 0 Å². The van der Waals surface area contributed by atoms with Crippen LogP contribution in [0, 0.1) is 0 Å². The van der Waals surface area contributed by atoms with E-state index in [-0.39, 0.29) is 0 Å². The van der Waals surface area contributed by atoms with Crippen LogP contribution < -0.4 is 0 Å². The van der Waals surface area contributed by atoms with E-state index in [1.165, 1.54) is 51.5 Å². The van der Waals surface area contributed by atoms with Gasteiger partial charge in [-0.05, 0) is 45.1 Å². The number of rotatable bonds is 3. The number of hydrogen-bond donors (Lipinski definition) is 0. The zero-order valence-corrected chi connectivity index (χ0v) is 9.18.